The van der Waals surface area contributed by atoms with E-state index in [0.717, 1.165) is 32.0 Å². The minimum Gasteiger partial charge on any atom is -0.337 e. The molecule has 0 aliphatic carbocycles. The van der Waals surface area contributed by atoms with E-state index in [2.05, 4.69) is 52.6 Å². The molecule has 0 amide bonds. The summed E-state index contributed by atoms with van der Waals surface area (Å²) >= 11 is 1.84. The number of aromatic nitrogens is 3. The topological polar surface area (TPSA) is 46.0 Å². The van der Waals surface area contributed by atoms with E-state index in [4.69, 9.17) is 0 Å². The molecule has 0 radical (unpaired) electrons. The second-order valence-corrected chi connectivity index (χ2v) is 8.07. The Bertz CT molecular complexity index is 625. The second-order valence-electron chi connectivity index (χ2n) is 6.95. The minimum absolute atomic E-state index is 0.179. The summed E-state index contributed by atoms with van der Waals surface area (Å²) in [7, 11) is 2.07. The van der Waals surface area contributed by atoms with Crippen LogP contribution in [0.1, 0.15) is 42.5 Å². The number of aryl methyl sites for hydroxylation is 1. The van der Waals surface area contributed by atoms with Gasteiger partial charge >= 0.3 is 0 Å². The summed E-state index contributed by atoms with van der Waals surface area (Å²) in [6.45, 7) is 10.6. The van der Waals surface area contributed by atoms with Gasteiger partial charge in [0.25, 0.3) is 0 Å². The normalized spacial score (nSPS) is 20.5. The molecule has 1 aliphatic rings. The molecule has 1 unspecified atom stereocenters. The van der Waals surface area contributed by atoms with Crippen LogP contribution in [-0.2, 0) is 19.0 Å². The van der Waals surface area contributed by atoms with Crippen molar-refractivity contribution in [2.45, 2.75) is 38.8 Å². The van der Waals surface area contributed by atoms with Gasteiger partial charge < -0.3 is 9.88 Å². The fraction of sp³-hybridized carbons (Fsp3) is 0.625. The van der Waals surface area contributed by atoms with Gasteiger partial charge in [-0.2, -0.15) is 0 Å². The molecule has 1 aliphatic heterocycles. The summed E-state index contributed by atoms with van der Waals surface area (Å²) in [5.74, 6) is 1.12. The molecule has 1 atom stereocenters. The molecule has 0 aromatic carbocycles. The van der Waals surface area contributed by atoms with E-state index >= 15 is 0 Å². The van der Waals surface area contributed by atoms with Gasteiger partial charge in [0.15, 0.2) is 0 Å². The Balaban J connectivity index is 1.77. The van der Waals surface area contributed by atoms with Crippen molar-refractivity contribution < 1.29 is 0 Å². The Morgan fingerprint density at radius 3 is 2.82 bits per heavy atom. The molecule has 3 heterocycles. The lowest BCUT2D eigenvalue weighted by Crippen LogP contribution is -2.46. The first kappa shape index (κ1) is 15.6. The number of nitrogens with zero attached hydrogens (tertiary/aromatic N) is 4. The zero-order valence-corrected chi connectivity index (χ0v) is 14.7. The van der Waals surface area contributed by atoms with Gasteiger partial charge in [-0.15, -0.1) is 11.3 Å². The van der Waals surface area contributed by atoms with E-state index in [1.165, 1.54) is 9.88 Å². The van der Waals surface area contributed by atoms with Gasteiger partial charge in [-0.05, 0) is 5.41 Å². The molecular weight excluding hydrogens is 294 g/mol. The van der Waals surface area contributed by atoms with Crippen LogP contribution in [0, 0.1) is 0 Å². The Morgan fingerprint density at radius 1 is 1.36 bits per heavy atom. The lowest BCUT2D eigenvalue weighted by molar-refractivity contribution is 0.144. The summed E-state index contributed by atoms with van der Waals surface area (Å²) in [5.41, 5.74) is 0.179. The summed E-state index contributed by atoms with van der Waals surface area (Å²) in [6.07, 6.45) is 5.93. The van der Waals surface area contributed by atoms with Crippen molar-refractivity contribution in [1.82, 2.24) is 24.8 Å². The number of nitrogens with one attached hydrogen (secondary N) is 1. The highest BCUT2D eigenvalue weighted by atomic mass is 32.1. The number of hydrogen-bond acceptors (Lipinski definition) is 5. The molecule has 0 bridgehead atoms. The number of piperazine rings is 1. The third-order valence-electron chi connectivity index (χ3n) is 4.14. The molecule has 0 saturated carbocycles. The lowest BCUT2D eigenvalue weighted by atomic mass is 9.96. The lowest BCUT2D eigenvalue weighted by Gasteiger charge is -2.35. The van der Waals surface area contributed by atoms with Crippen LogP contribution in [0.5, 0.6) is 0 Å². The molecule has 1 N–H and O–H groups in total. The first-order valence-corrected chi connectivity index (χ1v) is 8.64. The van der Waals surface area contributed by atoms with Crippen molar-refractivity contribution in [1.29, 1.82) is 0 Å². The van der Waals surface area contributed by atoms with Crippen LogP contribution in [0.2, 0.25) is 0 Å². The average molecular weight is 319 g/mol. The predicted molar refractivity (Wildman–Crippen MR) is 90.0 cm³/mol. The molecule has 0 spiro atoms. The quantitative estimate of drug-likeness (QED) is 0.943. The van der Waals surface area contributed by atoms with Crippen molar-refractivity contribution in [3.8, 4) is 0 Å². The highest BCUT2D eigenvalue weighted by Gasteiger charge is 2.28. The van der Waals surface area contributed by atoms with Crippen LogP contribution in [-0.4, -0.2) is 39.1 Å². The smallest absolute Gasteiger partial charge is 0.127 e. The van der Waals surface area contributed by atoms with Crippen molar-refractivity contribution in [3.63, 3.8) is 0 Å². The highest BCUT2D eigenvalue weighted by molar-refractivity contribution is 7.11. The van der Waals surface area contributed by atoms with E-state index in [9.17, 15) is 0 Å². The van der Waals surface area contributed by atoms with E-state index < -0.39 is 0 Å². The van der Waals surface area contributed by atoms with E-state index in [0.29, 0.717) is 6.04 Å². The van der Waals surface area contributed by atoms with Gasteiger partial charge in [-0.25, -0.2) is 9.97 Å². The third-order valence-corrected chi connectivity index (χ3v) is 5.55. The predicted octanol–water partition coefficient (Wildman–Crippen LogP) is 2.32. The zero-order valence-electron chi connectivity index (χ0n) is 13.8. The SMILES string of the molecule is Cn1ccnc1C1CNCCN1Cc1ncc(C(C)(C)C)s1. The number of rotatable bonds is 3. The molecule has 5 nitrogen and oxygen atoms in total. The third kappa shape index (κ3) is 3.24. The van der Waals surface area contributed by atoms with Gasteiger partial charge in [0, 0.05) is 50.1 Å². The Labute approximate surface area is 136 Å². The Hall–Kier alpha value is -1.24. The van der Waals surface area contributed by atoms with Crippen molar-refractivity contribution in [2.75, 3.05) is 19.6 Å². The molecule has 1 saturated heterocycles. The maximum atomic E-state index is 4.64. The molecule has 3 rings (SSSR count). The maximum Gasteiger partial charge on any atom is 0.127 e. The molecule has 120 valence electrons. The van der Waals surface area contributed by atoms with E-state index in [1.54, 1.807) is 0 Å². The molecule has 1 fully saturated rings. The van der Waals surface area contributed by atoms with Crippen LogP contribution in [0.4, 0.5) is 0 Å². The standard InChI is InChI=1S/C16H25N5S/c1-16(2,3)13-10-19-14(22-13)11-21-8-5-17-9-12(21)15-18-6-7-20(15)4/h6-7,10,12,17H,5,8-9,11H2,1-4H3. The largest absolute Gasteiger partial charge is 0.337 e. The fourth-order valence-corrected chi connectivity index (χ4v) is 3.79. The number of thiazole rings is 1. The molecule has 2 aromatic heterocycles. The summed E-state index contributed by atoms with van der Waals surface area (Å²) in [6, 6.07) is 0.315. The van der Waals surface area contributed by atoms with Crippen LogP contribution in [0.15, 0.2) is 18.6 Å². The van der Waals surface area contributed by atoms with Gasteiger partial charge in [-0.3, -0.25) is 4.90 Å². The van der Waals surface area contributed by atoms with Gasteiger partial charge in [-0.1, -0.05) is 20.8 Å². The molecular formula is C16H25N5S. The molecule has 2 aromatic rings. The molecule has 6 heteroatoms. The van der Waals surface area contributed by atoms with Crippen molar-refractivity contribution >= 4 is 11.3 Å². The Kier molecular flexibility index (Phi) is 4.34. The van der Waals surface area contributed by atoms with Gasteiger partial charge in [0.05, 0.1) is 12.6 Å². The van der Waals surface area contributed by atoms with E-state index in [1.807, 2.05) is 29.9 Å². The van der Waals surface area contributed by atoms with Crippen LogP contribution < -0.4 is 5.32 Å². The van der Waals surface area contributed by atoms with Crippen LogP contribution >= 0.6 is 11.3 Å². The summed E-state index contributed by atoms with van der Waals surface area (Å²) in [5, 5.41) is 4.68. The van der Waals surface area contributed by atoms with Crippen LogP contribution in [0.3, 0.4) is 0 Å². The van der Waals surface area contributed by atoms with Crippen LogP contribution in [0.25, 0.3) is 0 Å². The zero-order chi connectivity index (χ0) is 15.7. The van der Waals surface area contributed by atoms with Gasteiger partial charge in [0.2, 0.25) is 0 Å². The first-order valence-electron chi connectivity index (χ1n) is 7.82. The minimum atomic E-state index is 0.179. The number of hydrogen-bond donors (Lipinski definition) is 1. The number of imidazole rings is 1. The monoisotopic (exact) mass is 319 g/mol. The highest BCUT2D eigenvalue weighted by Crippen LogP contribution is 2.30. The van der Waals surface area contributed by atoms with E-state index in [-0.39, 0.29) is 5.41 Å². The Morgan fingerprint density at radius 2 is 2.18 bits per heavy atom. The molecule has 22 heavy (non-hydrogen) atoms. The summed E-state index contributed by atoms with van der Waals surface area (Å²) < 4.78 is 2.12. The maximum absolute atomic E-state index is 4.64. The first-order chi connectivity index (χ1) is 10.4. The summed E-state index contributed by atoms with van der Waals surface area (Å²) in [4.78, 5) is 13.0. The van der Waals surface area contributed by atoms with Gasteiger partial charge in [0.1, 0.15) is 10.8 Å². The second kappa shape index (κ2) is 6.10. The van der Waals surface area contributed by atoms with Crippen molar-refractivity contribution in [3.05, 3.63) is 34.3 Å². The fourth-order valence-electron chi connectivity index (χ4n) is 2.79. The average Bonchev–Trinajstić information content (AvgIpc) is 3.08. The van der Waals surface area contributed by atoms with Crippen molar-refractivity contribution in [2.24, 2.45) is 7.05 Å².